The van der Waals surface area contributed by atoms with Gasteiger partial charge < -0.3 is 24.8 Å². The van der Waals surface area contributed by atoms with Crippen molar-refractivity contribution in [3.63, 3.8) is 0 Å². The van der Waals surface area contributed by atoms with Crippen LogP contribution in [0.2, 0.25) is 0 Å². The summed E-state index contributed by atoms with van der Waals surface area (Å²) in [6, 6.07) is 39.2. The molecule has 0 bridgehead atoms. The molecule has 0 unspecified atom stereocenters. The van der Waals surface area contributed by atoms with E-state index >= 15 is 0 Å². The molecule has 37 heavy (non-hydrogen) atoms. The largest absolute Gasteiger partial charge is 0.179 e. The van der Waals surface area contributed by atoms with Gasteiger partial charge in [0.1, 0.15) is 0 Å². The molecule has 6 rings (SSSR count). The molecule has 3 heteroatoms. The zero-order valence-electron chi connectivity index (χ0n) is 20.6. The van der Waals surface area contributed by atoms with Gasteiger partial charge in [-0.25, -0.2) is 6.08 Å². The van der Waals surface area contributed by atoms with Gasteiger partial charge in [0, 0.05) is 0 Å². The van der Waals surface area contributed by atoms with Crippen LogP contribution in [0.15, 0.2) is 134 Å². The van der Waals surface area contributed by atoms with E-state index in [2.05, 4.69) is 122 Å². The van der Waals surface area contributed by atoms with E-state index in [9.17, 15) is 0 Å². The Labute approximate surface area is 249 Å². The van der Waals surface area contributed by atoms with Crippen LogP contribution in [-0.2, 0) is 30.7 Å². The molecule has 0 spiro atoms. The van der Waals surface area contributed by atoms with Gasteiger partial charge in [0.2, 0.25) is 0 Å². The third-order valence-electron chi connectivity index (χ3n) is 5.89. The van der Waals surface area contributed by atoms with E-state index < -0.39 is 0 Å². The van der Waals surface area contributed by atoms with Gasteiger partial charge in [-0.15, -0.1) is 24.6 Å². The van der Waals surface area contributed by atoms with E-state index in [0.717, 1.165) is 19.3 Å². The number of halogens is 2. The van der Waals surface area contributed by atoms with Crippen molar-refractivity contribution in [1.82, 2.24) is 0 Å². The summed E-state index contributed by atoms with van der Waals surface area (Å²) in [5.74, 6) is 0. The normalized spacial score (nSPS) is 11.6. The summed E-state index contributed by atoms with van der Waals surface area (Å²) in [4.78, 5) is 0. The molecule has 0 heterocycles. The molecule has 0 radical (unpaired) electrons. The molecule has 4 aromatic rings. The maximum absolute atomic E-state index is 3.64. The Bertz CT molecular complexity index is 1250. The Morgan fingerprint density at radius 2 is 1.38 bits per heavy atom. The number of rotatable bonds is 4. The zero-order valence-corrected chi connectivity index (χ0v) is 24.6. The van der Waals surface area contributed by atoms with Gasteiger partial charge in [-0.3, -0.25) is 6.08 Å². The molecule has 184 valence electrons. The molecular weight excluding hydrogens is 571 g/mol. The van der Waals surface area contributed by atoms with Crippen molar-refractivity contribution < 1.29 is 49.0 Å². The summed E-state index contributed by atoms with van der Waals surface area (Å²) in [7, 11) is 0. The average Bonchev–Trinajstić information content (AvgIpc) is 3.58. The van der Waals surface area contributed by atoms with Crippen molar-refractivity contribution in [3.8, 4) is 11.1 Å². The zero-order chi connectivity index (χ0) is 24.3. The van der Waals surface area contributed by atoms with Gasteiger partial charge in [-0.1, -0.05) is 41.8 Å². The van der Waals surface area contributed by atoms with Gasteiger partial charge in [-0.2, -0.15) is 41.5 Å². The second kappa shape index (κ2) is 16.3. The molecule has 0 N–H and O–H groups in total. The molecule has 0 amide bonds. The Morgan fingerprint density at radius 3 is 1.97 bits per heavy atom. The third kappa shape index (κ3) is 8.75. The molecule has 0 aromatic heterocycles. The quantitative estimate of drug-likeness (QED) is 0.220. The Morgan fingerprint density at radius 1 is 0.784 bits per heavy atom. The molecule has 0 saturated heterocycles. The number of fused-ring (bicyclic) bond motifs is 3. The van der Waals surface area contributed by atoms with E-state index in [0.29, 0.717) is 0 Å². The van der Waals surface area contributed by atoms with Crippen LogP contribution in [0.4, 0.5) is 0 Å². The fourth-order valence-corrected chi connectivity index (χ4v) is 4.94. The maximum atomic E-state index is 3.64. The van der Waals surface area contributed by atoms with E-state index in [1.165, 1.54) is 66.4 Å². The van der Waals surface area contributed by atoms with Crippen molar-refractivity contribution in [1.29, 1.82) is 0 Å². The summed E-state index contributed by atoms with van der Waals surface area (Å²) >= 11 is 1.46. The monoisotopic (exact) mass is 596 g/mol. The first-order chi connectivity index (χ1) is 17.3. The first-order valence-electron chi connectivity index (χ1n) is 11.9. The number of hydrogen-bond donors (Lipinski definition) is 0. The van der Waals surface area contributed by atoms with Crippen LogP contribution in [0, 0.1) is 12.1 Å². The maximum Gasteiger partial charge on any atom is -0.0253 e. The van der Waals surface area contributed by atoms with Crippen molar-refractivity contribution in [3.05, 3.63) is 168 Å². The Kier molecular flexibility index (Phi) is 13.5. The number of allylic oxidation sites excluding steroid dienone is 5. The minimum Gasteiger partial charge on any atom is -0.179 e. The third-order valence-corrected chi connectivity index (χ3v) is 7.31. The van der Waals surface area contributed by atoms with Crippen LogP contribution in [0.25, 0.3) is 11.1 Å². The average molecular weight is 599 g/mol. The summed E-state index contributed by atoms with van der Waals surface area (Å²) in [6.45, 7) is 3.64. The second-order valence-corrected chi connectivity index (χ2v) is 9.56. The number of benzene rings is 4. The first-order valence-corrected chi connectivity index (χ1v) is 13.1. The van der Waals surface area contributed by atoms with Crippen LogP contribution < -0.4 is 24.8 Å². The summed E-state index contributed by atoms with van der Waals surface area (Å²) in [5.41, 5.74) is 9.52. The van der Waals surface area contributed by atoms with Gasteiger partial charge in [-0.05, 0) is 6.42 Å². The molecule has 2 aliphatic carbocycles. The van der Waals surface area contributed by atoms with Gasteiger partial charge in [0.15, 0.2) is 0 Å². The van der Waals surface area contributed by atoms with Crippen LogP contribution in [0.3, 0.4) is 0 Å². The number of hydrogen-bond acceptors (Lipinski definition) is 0. The van der Waals surface area contributed by atoms with Gasteiger partial charge in [0.05, 0.1) is 0 Å². The SMILES string of the molecule is C=CCC1=CC[C-]=C1.[Cl-].[Cl-].[Zr+2]=[C](c1ccccc1)c1ccccc1.[c-]1cccc2c1Cc1ccccc1-2. The van der Waals surface area contributed by atoms with Crippen molar-refractivity contribution in [2.24, 2.45) is 0 Å². The molecule has 4 aromatic carbocycles. The summed E-state index contributed by atoms with van der Waals surface area (Å²) in [6.07, 6.45) is 12.2. The fraction of sp³-hybridized carbons (Fsp3) is 0.0882. The molecule has 0 fully saturated rings. The molecule has 2 aliphatic rings. The minimum absolute atomic E-state index is 0. The topological polar surface area (TPSA) is 0 Å². The van der Waals surface area contributed by atoms with Crippen molar-refractivity contribution >= 4 is 3.21 Å². The fourth-order valence-electron chi connectivity index (χ4n) is 4.12. The first kappa shape index (κ1) is 30.7. The Hall–Kier alpha value is -2.57. The van der Waals surface area contributed by atoms with E-state index in [1.807, 2.05) is 18.2 Å². The van der Waals surface area contributed by atoms with E-state index in [1.54, 1.807) is 0 Å². The van der Waals surface area contributed by atoms with Gasteiger partial charge >= 0.3 is 99.2 Å². The van der Waals surface area contributed by atoms with Gasteiger partial charge in [0.25, 0.3) is 0 Å². The molecule has 0 atom stereocenters. The van der Waals surface area contributed by atoms with Crippen LogP contribution in [0.5, 0.6) is 0 Å². The van der Waals surface area contributed by atoms with Crippen molar-refractivity contribution in [2.75, 3.05) is 0 Å². The predicted octanol–water partition coefficient (Wildman–Crippen LogP) is 2.12. The molecule has 0 aliphatic heterocycles. The molecule has 0 nitrogen and oxygen atoms in total. The molecular formula is C34H28Cl2Zr-2. The van der Waals surface area contributed by atoms with E-state index in [-0.39, 0.29) is 24.8 Å². The smallest absolute Gasteiger partial charge is 0.0253 e. The minimum atomic E-state index is 0. The van der Waals surface area contributed by atoms with Crippen LogP contribution >= 0.6 is 0 Å². The molecule has 0 saturated carbocycles. The standard InChI is InChI=1S/C13H9.C13H10.C8H9.2ClH.Zr/c1-3-7-12-10(5-1)9-11-6-2-4-8-13(11)12;1-3-7-12(8-4-1)11-13-9-5-2-6-10-13;1-2-5-8-6-3-4-7-8;;;/h1-5,7-8H,9H2;1-10H;2,6-7H,1,3,5H2;2*1H;/q-1;;-1;;;+2/p-2. The summed E-state index contributed by atoms with van der Waals surface area (Å²) in [5, 5.41) is 0. The van der Waals surface area contributed by atoms with Crippen LogP contribution in [-0.4, -0.2) is 3.21 Å². The predicted molar refractivity (Wildman–Crippen MR) is 145 cm³/mol. The second-order valence-electron chi connectivity index (χ2n) is 8.33. The van der Waals surface area contributed by atoms with Crippen molar-refractivity contribution in [2.45, 2.75) is 19.3 Å². The van der Waals surface area contributed by atoms with Crippen LogP contribution in [0.1, 0.15) is 35.1 Å². The van der Waals surface area contributed by atoms with E-state index in [4.69, 9.17) is 0 Å². The summed E-state index contributed by atoms with van der Waals surface area (Å²) < 4.78 is 1.42. The Balaban J connectivity index is 0.000000197.